The Bertz CT molecular complexity index is 293. The van der Waals surface area contributed by atoms with E-state index >= 15 is 0 Å². The van der Waals surface area contributed by atoms with Crippen molar-refractivity contribution >= 4 is 0 Å². The third-order valence-corrected chi connectivity index (χ3v) is 4.43. The second-order valence-electron chi connectivity index (χ2n) is 7.10. The van der Waals surface area contributed by atoms with E-state index in [1.54, 1.807) is 5.57 Å². The molecule has 1 saturated carbocycles. The van der Waals surface area contributed by atoms with Crippen molar-refractivity contribution in [2.75, 3.05) is 0 Å². The van der Waals surface area contributed by atoms with Crippen LogP contribution in [0.25, 0.3) is 0 Å². The Balaban J connectivity index is 2.30. The molecular weight excluding hydrogens is 184 g/mol. The molecule has 0 amide bonds. The topological polar surface area (TPSA) is 20.2 Å². The van der Waals surface area contributed by atoms with E-state index < -0.39 is 0 Å². The summed E-state index contributed by atoms with van der Waals surface area (Å²) in [5.74, 6) is 0.884. The van der Waals surface area contributed by atoms with Gasteiger partial charge in [-0.2, -0.15) is 0 Å². The quantitative estimate of drug-likeness (QED) is 0.605. The zero-order valence-corrected chi connectivity index (χ0v) is 10.7. The van der Waals surface area contributed by atoms with Crippen molar-refractivity contribution in [3.8, 4) is 0 Å². The van der Waals surface area contributed by atoms with Gasteiger partial charge in [-0.15, -0.1) is 0 Å². The van der Waals surface area contributed by atoms with Gasteiger partial charge < -0.3 is 5.11 Å². The number of aliphatic hydroxyl groups is 1. The molecule has 0 aliphatic heterocycles. The Labute approximate surface area is 93.6 Å². The van der Waals surface area contributed by atoms with Gasteiger partial charge in [0.15, 0.2) is 0 Å². The molecule has 2 aliphatic rings. The summed E-state index contributed by atoms with van der Waals surface area (Å²) in [6, 6.07) is 0. The van der Waals surface area contributed by atoms with E-state index in [2.05, 4.69) is 40.7 Å². The summed E-state index contributed by atoms with van der Waals surface area (Å²) in [4.78, 5) is 0. The van der Waals surface area contributed by atoms with Crippen molar-refractivity contribution in [2.45, 2.75) is 53.6 Å². The summed E-state index contributed by atoms with van der Waals surface area (Å²) in [5.41, 5.74) is 2.14. The van der Waals surface area contributed by atoms with Crippen molar-refractivity contribution in [2.24, 2.45) is 22.7 Å². The maximum Gasteiger partial charge on any atom is 0.0639 e. The highest BCUT2D eigenvalue weighted by Crippen LogP contribution is 2.54. The minimum Gasteiger partial charge on any atom is -0.392 e. The van der Waals surface area contributed by atoms with Crippen LogP contribution in [-0.2, 0) is 0 Å². The largest absolute Gasteiger partial charge is 0.392 e. The van der Waals surface area contributed by atoms with Gasteiger partial charge in [-0.05, 0) is 29.6 Å². The van der Waals surface area contributed by atoms with Crippen LogP contribution in [0.3, 0.4) is 0 Å². The van der Waals surface area contributed by atoms with E-state index in [0.29, 0.717) is 17.3 Å². The molecule has 15 heavy (non-hydrogen) atoms. The lowest BCUT2D eigenvalue weighted by atomic mass is 9.71. The Morgan fingerprint density at radius 2 is 1.93 bits per heavy atom. The average molecular weight is 208 g/mol. The molecular formula is C14H24O. The molecule has 0 aromatic heterocycles. The molecule has 1 N–H and O–H groups in total. The van der Waals surface area contributed by atoms with Gasteiger partial charge in [-0.3, -0.25) is 0 Å². The molecule has 2 aliphatic carbocycles. The molecule has 1 nitrogen and oxygen atoms in total. The number of aliphatic hydroxyl groups excluding tert-OH is 1. The molecule has 1 fully saturated rings. The van der Waals surface area contributed by atoms with Gasteiger partial charge in [0, 0.05) is 5.92 Å². The highest BCUT2D eigenvalue weighted by molar-refractivity contribution is 5.23. The van der Waals surface area contributed by atoms with Crippen molar-refractivity contribution in [3.63, 3.8) is 0 Å². The predicted octanol–water partition coefficient (Wildman–Crippen LogP) is 3.39. The standard InChI is InChI=1S/C14H24O/c1-13(2,3)10-6-9-8-14(4,5)11(7-10)12(9)15/h6,9,11-12,15H,7-8H2,1-5H3/t9-,11?,12?/m0/s1. The molecule has 0 radical (unpaired) electrons. The number of rotatable bonds is 0. The van der Waals surface area contributed by atoms with Crippen LogP contribution < -0.4 is 0 Å². The molecule has 2 bridgehead atoms. The monoisotopic (exact) mass is 208 g/mol. The van der Waals surface area contributed by atoms with E-state index in [1.165, 1.54) is 0 Å². The first kappa shape index (κ1) is 11.2. The number of allylic oxidation sites excluding steroid dienone is 1. The SMILES string of the molecule is CC(C)(C)C1=C[C@H]2CC(C)(C)C(C1)C2O. The van der Waals surface area contributed by atoms with Crippen LogP contribution in [0.5, 0.6) is 0 Å². The van der Waals surface area contributed by atoms with Crippen LogP contribution in [0, 0.1) is 22.7 Å². The lowest BCUT2D eigenvalue weighted by Crippen LogP contribution is -2.32. The summed E-state index contributed by atoms with van der Waals surface area (Å²) in [5, 5.41) is 10.2. The number of hydrogen-bond donors (Lipinski definition) is 1. The molecule has 0 saturated heterocycles. The maximum atomic E-state index is 10.2. The highest BCUT2D eigenvalue weighted by Gasteiger charge is 2.49. The lowest BCUT2D eigenvalue weighted by Gasteiger charge is -2.35. The first-order valence-corrected chi connectivity index (χ1v) is 6.11. The van der Waals surface area contributed by atoms with Crippen LogP contribution >= 0.6 is 0 Å². The Hall–Kier alpha value is -0.300. The van der Waals surface area contributed by atoms with E-state index in [-0.39, 0.29) is 11.5 Å². The lowest BCUT2D eigenvalue weighted by molar-refractivity contribution is 0.0690. The van der Waals surface area contributed by atoms with Crippen LogP contribution in [0.2, 0.25) is 0 Å². The van der Waals surface area contributed by atoms with Gasteiger partial charge in [0.2, 0.25) is 0 Å². The third kappa shape index (κ3) is 1.75. The van der Waals surface area contributed by atoms with E-state index in [9.17, 15) is 5.11 Å². The van der Waals surface area contributed by atoms with Gasteiger partial charge in [-0.1, -0.05) is 46.3 Å². The fourth-order valence-corrected chi connectivity index (χ4v) is 3.31. The molecule has 0 aromatic carbocycles. The van der Waals surface area contributed by atoms with Crippen LogP contribution in [0.1, 0.15) is 47.5 Å². The predicted molar refractivity (Wildman–Crippen MR) is 63.5 cm³/mol. The van der Waals surface area contributed by atoms with Crippen molar-refractivity contribution in [3.05, 3.63) is 11.6 Å². The molecule has 3 atom stereocenters. The summed E-state index contributed by atoms with van der Waals surface area (Å²) in [6.07, 6.45) is 4.51. The smallest absolute Gasteiger partial charge is 0.0639 e. The van der Waals surface area contributed by atoms with Gasteiger partial charge in [0.1, 0.15) is 0 Å². The average Bonchev–Trinajstić information content (AvgIpc) is 2.22. The van der Waals surface area contributed by atoms with Gasteiger partial charge in [0.25, 0.3) is 0 Å². The van der Waals surface area contributed by atoms with Gasteiger partial charge in [0.05, 0.1) is 6.10 Å². The maximum absolute atomic E-state index is 10.2. The molecule has 0 spiro atoms. The van der Waals surface area contributed by atoms with E-state index in [0.717, 1.165) is 12.8 Å². The number of hydrogen-bond acceptors (Lipinski definition) is 1. The number of fused-ring (bicyclic) bond motifs is 2. The summed E-state index contributed by atoms with van der Waals surface area (Å²) in [7, 11) is 0. The summed E-state index contributed by atoms with van der Waals surface area (Å²) < 4.78 is 0. The van der Waals surface area contributed by atoms with Crippen LogP contribution in [0.15, 0.2) is 11.6 Å². The summed E-state index contributed by atoms with van der Waals surface area (Å²) >= 11 is 0. The molecule has 1 heteroatoms. The fraction of sp³-hybridized carbons (Fsp3) is 0.857. The molecule has 2 unspecified atom stereocenters. The first-order chi connectivity index (χ1) is 6.72. The first-order valence-electron chi connectivity index (χ1n) is 6.11. The van der Waals surface area contributed by atoms with E-state index in [1.807, 2.05) is 0 Å². The van der Waals surface area contributed by atoms with Crippen LogP contribution in [-0.4, -0.2) is 11.2 Å². The molecule has 86 valence electrons. The zero-order chi connectivity index (χ0) is 11.4. The Morgan fingerprint density at radius 1 is 1.33 bits per heavy atom. The normalized spacial score (nSPS) is 39.1. The molecule has 2 rings (SSSR count). The van der Waals surface area contributed by atoms with Crippen molar-refractivity contribution in [1.29, 1.82) is 0 Å². The third-order valence-electron chi connectivity index (χ3n) is 4.43. The second-order valence-corrected chi connectivity index (χ2v) is 7.10. The second kappa shape index (κ2) is 3.10. The minimum atomic E-state index is -0.0916. The summed E-state index contributed by atoms with van der Waals surface area (Å²) in [6.45, 7) is 11.5. The minimum absolute atomic E-state index is 0.0916. The van der Waals surface area contributed by atoms with Gasteiger partial charge >= 0.3 is 0 Å². The van der Waals surface area contributed by atoms with Gasteiger partial charge in [-0.25, -0.2) is 0 Å². The fourth-order valence-electron chi connectivity index (χ4n) is 3.31. The Morgan fingerprint density at radius 3 is 2.40 bits per heavy atom. The highest BCUT2D eigenvalue weighted by atomic mass is 16.3. The van der Waals surface area contributed by atoms with Crippen molar-refractivity contribution in [1.82, 2.24) is 0 Å². The molecule has 0 aromatic rings. The molecule has 0 heterocycles. The van der Waals surface area contributed by atoms with E-state index in [4.69, 9.17) is 0 Å². The zero-order valence-electron chi connectivity index (χ0n) is 10.7. The Kier molecular flexibility index (Phi) is 2.31. The van der Waals surface area contributed by atoms with Crippen molar-refractivity contribution < 1.29 is 5.11 Å². The van der Waals surface area contributed by atoms with Crippen LogP contribution in [0.4, 0.5) is 0 Å².